The predicted molar refractivity (Wildman–Crippen MR) is 106 cm³/mol. The van der Waals surface area contributed by atoms with Crippen molar-refractivity contribution in [1.82, 2.24) is 19.6 Å². The molecule has 0 atom stereocenters. The van der Waals surface area contributed by atoms with Crippen LogP contribution in [0.2, 0.25) is 0 Å². The normalized spacial score (nSPS) is 14.9. The van der Waals surface area contributed by atoms with E-state index in [-0.39, 0.29) is 11.6 Å². The molecule has 9 heteroatoms. The minimum atomic E-state index is -0.458. The molecule has 0 N–H and O–H groups in total. The number of nitro groups is 1. The number of aromatic nitrogens is 2. The van der Waals surface area contributed by atoms with Crippen molar-refractivity contribution in [2.75, 3.05) is 32.7 Å². The molecule has 150 valence electrons. The Kier molecular flexibility index (Phi) is 5.13. The summed E-state index contributed by atoms with van der Waals surface area (Å²) in [6, 6.07) is 11.2. The molecule has 3 aromatic rings. The quantitative estimate of drug-likeness (QED) is 0.487. The highest BCUT2D eigenvalue weighted by Gasteiger charge is 2.26. The zero-order chi connectivity index (χ0) is 20.4. The van der Waals surface area contributed by atoms with Gasteiger partial charge in [-0.15, -0.1) is 0 Å². The Bertz CT molecular complexity index is 1000. The number of nitro benzene ring substituents is 1. The van der Waals surface area contributed by atoms with Crippen LogP contribution in [-0.4, -0.2) is 63.1 Å². The van der Waals surface area contributed by atoms with E-state index in [9.17, 15) is 14.9 Å². The summed E-state index contributed by atoms with van der Waals surface area (Å²) in [6.07, 6.45) is 1.55. The molecule has 1 aliphatic rings. The van der Waals surface area contributed by atoms with Crippen molar-refractivity contribution < 1.29 is 14.1 Å². The molecule has 9 nitrogen and oxygen atoms in total. The molecule has 1 aromatic carbocycles. The smallest absolute Gasteiger partial charge is 0.272 e. The number of rotatable bonds is 5. The number of piperazine rings is 1. The van der Waals surface area contributed by atoms with E-state index in [0.29, 0.717) is 35.9 Å². The second-order valence-electron chi connectivity index (χ2n) is 6.80. The van der Waals surface area contributed by atoms with Gasteiger partial charge in [-0.3, -0.25) is 14.9 Å². The Balaban J connectivity index is 1.70. The van der Waals surface area contributed by atoms with Crippen LogP contribution in [0.4, 0.5) is 5.69 Å². The number of amides is 1. The molecule has 0 saturated carbocycles. The molecule has 3 heterocycles. The molecular formula is C20H21N5O4. The summed E-state index contributed by atoms with van der Waals surface area (Å²) in [6.45, 7) is 6.03. The average molecular weight is 395 g/mol. The first-order valence-electron chi connectivity index (χ1n) is 9.47. The SMILES string of the molecule is CCN1CCN(C(=O)c2cc(-c3ccco3)nn2-c2ccc([N+](=O)[O-])cc2)CC1. The third-order valence-electron chi connectivity index (χ3n) is 5.11. The second kappa shape index (κ2) is 7.88. The minimum absolute atomic E-state index is 0.0178. The van der Waals surface area contributed by atoms with Gasteiger partial charge < -0.3 is 14.2 Å². The molecule has 1 amide bonds. The minimum Gasteiger partial charge on any atom is -0.463 e. The van der Waals surface area contributed by atoms with Crippen LogP contribution in [0.5, 0.6) is 0 Å². The zero-order valence-corrected chi connectivity index (χ0v) is 16.0. The predicted octanol–water partition coefficient (Wildman–Crippen LogP) is 2.82. The maximum Gasteiger partial charge on any atom is 0.272 e. The molecule has 0 spiro atoms. The second-order valence-corrected chi connectivity index (χ2v) is 6.80. The third kappa shape index (κ3) is 3.77. The third-order valence-corrected chi connectivity index (χ3v) is 5.11. The van der Waals surface area contributed by atoms with Gasteiger partial charge >= 0.3 is 0 Å². The van der Waals surface area contributed by atoms with E-state index in [1.807, 2.05) is 4.90 Å². The largest absolute Gasteiger partial charge is 0.463 e. The van der Waals surface area contributed by atoms with Crippen LogP contribution in [0.25, 0.3) is 17.1 Å². The van der Waals surface area contributed by atoms with Crippen LogP contribution in [0.1, 0.15) is 17.4 Å². The highest BCUT2D eigenvalue weighted by Crippen LogP contribution is 2.24. The summed E-state index contributed by atoms with van der Waals surface area (Å²) in [5.41, 5.74) is 1.48. The van der Waals surface area contributed by atoms with Crippen molar-refractivity contribution in [3.8, 4) is 17.1 Å². The van der Waals surface area contributed by atoms with Gasteiger partial charge in [0.05, 0.1) is 16.9 Å². The molecule has 0 aliphatic carbocycles. The average Bonchev–Trinajstić information content (AvgIpc) is 3.43. The fourth-order valence-corrected chi connectivity index (χ4v) is 3.42. The number of carbonyl (C=O) groups excluding carboxylic acids is 1. The monoisotopic (exact) mass is 395 g/mol. The number of hydrogen-bond donors (Lipinski definition) is 0. The number of hydrogen-bond acceptors (Lipinski definition) is 6. The lowest BCUT2D eigenvalue weighted by Crippen LogP contribution is -2.48. The van der Waals surface area contributed by atoms with E-state index in [0.717, 1.165) is 19.6 Å². The van der Waals surface area contributed by atoms with E-state index in [1.54, 1.807) is 36.6 Å². The Labute approximate surface area is 167 Å². The summed E-state index contributed by atoms with van der Waals surface area (Å²) in [4.78, 5) is 27.9. The lowest BCUT2D eigenvalue weighted by Gasteiger charge is -2.34. The molecule has 2 aromatic heterocycles. The maximum atomic E-state index is 13.3. The molecule has 0 unspecified atom stereocenters. The van der Waals surface area contributed by atoms with Gasteiger partial charge in [0.1, 0.15) is 11.4 Å². The standard InChI is InChI=1S/C20H21N5O4/c1-2-22-9-11-23(12-10-22)20(26)18-14-17(19-4-3-13-29-19)21-24(18)15-5-7-16(8-6-15)25(27)28/h3-8,13-14H,2,9-12H2,1H3. The topological polar surface area (TPSA) is 97.7 Å². The Morgan fingerprint density at radius 1 is 1.17 bits per heavy atom. The lowest BCUT2D eigenvalue weighted by molar-refractivity contribution is -0.384. The molecule has 0 bridgehead atoms. The first-order valence-corrected chi connectivity index (χ1v) is 9.47. The highest BCUT2D eigenvalue weighted by atomic mass is 16.6. The molecule has 0 radical (unpaired) electrons. The Morgan fingerprint density at radius 2 is 1.90 bits per heavy atom. The maximum absolute atomic E-state index is 13.3. The van der Waals surface area contributed by atoms with Crippen molar-refractivity contribution in [2.45, 2.75) is 6.92 Å². The number of carbonyl (C=O) groups is 1. The van der Waals surface area contributed by atoms with Gasteiger partial charge in [-0.05, 0) is 30.8 Å². The van der Waals surface area contributed by atoms with Crippen molar-refractivity contribution in [3.05, 3.63) is 64.5 Å². The van der Waals surface area contributed by atoms with Crippen LogP contribution >= 0.6 is 0 Å². The fraction of sp³-hybridized carbons (Fsp3) is 0.300. The number of furan rings is 1. The van der Waals surface area contributed by atoms with Crippen LogP contribution in [0.3, 0.4) is 0 Å². The number of non-ortho nitro benzene ring substituents is 1. The number of nitrogens with zero attached hydrogens (tertiary/aromatic N) is 5. The molecule has 1 saturated heterocycles. The summed E-state index contributed by atoms with van der Waals surface area (Å²) in [7, 11) is 0. The molecular weight excluding hydrogens is 374 g/mol. The summed E-state index contributed by atoms with van der Waals surface area (Å²) in [5.74, 6) is 0.430. The summed E-state index contributed by atoms with van der Waals surface area (Å²) >= 11 is 0. The van der Waals surface area contributed by atoms with Crippen molar-refractivity contribution >= 4 is 11.6 Å². The molecule has 29 heavy (non-hydrogen) atoms. The van der Waals surface area contributed by atoms with Crippen LogP contribution in [-0.2, 0) is 0 Å². The van der Waals surface area contributed by atoms with E-state index in [4.69, 9.17) is 4.42 Å². The van der Waals surface area contributed by atoms with E-state index < -0.39 is 4.92 Å². The van der Waals surface area contributed by atoms with E-state index in [1.165, 1.54) is 16.8 Å². The van der Waals surface area contributed by atoms with E-state index >= 15 is 0 Å². The van der Waals surface area contributed by atoms with Gasteiger partial charge in [0, 0.05) is 44.4 Å². The first-order chi connectivity index (χ1) is 14.1. The molecule has 1 aliphatic heterocycles. The van der Waals surface area contributed by atoms with Gasteiger partial charge in [0.15, 0.2) is 5.76 Å². The number of likely N-dealkylation sites (N-methyl/N-ethyl adjacent to an activating group) is 1. The van der Waals surface area contributed by atoms with Crippen LogP contribution in [0.15, 0.2) is 53.1 Å². The van der Waals surface area contributed by atoms with Gasteiger partial charge in [0.2, 0.25) is 0 Å². The highest BCUT2D eigenvalue weighted by molar-refractivity contribution is 5.94. The zero-order valence-electron chi connectivity index (χ0n) is 16.0. The van der Waals surface area contributed by atoms with Gasteiger partial charge in [-0.2, -0.15) is 5.10 Å². The molecule has 1 fully saturated rings. The Morgan fingerprint density at radius 3 is 2.48 bits per heavy atom. The Hall–Kier alpha value is -3.46. The van der Waals surface area contributed by atoms with Gasteiger partial charge in [-0.25, -0.2) is 4.68 Å². The fourth-order valence-electron chi connectivity index (χ4n) is 3.42. The molecule has 4 rings (SSSR count). The van der Waals surface area contributed by atoms with Crippen molar-refractivity contribution in [1.29, 1.82) is 0 Å². The van der Waals surface area contributed by atoms with Gasteiger partial charge in [0.25, 0.3) is 11.6 Å². The lowest BCUT2D eigenvalue weighted by atomic mass is 10.2. The summed E-state index contributed by atoms with van der Waals surface area (Å²) in [5, 5.41) is 15.5. The first kappa shape index (κ1) is 18.9. The van der Waals surface area contributed by atoms with Crippen LogP contribution in [0, 0.1) is 10.1 Å². The van der Waals surface area contributed by atoms with Gasteiger partial charge in [-0.1, -0.05) is 6.92 Å². The number of benzene rings is 1. The summed E-state index contributed by atoms with van der Waals surface area (Å²) < 4.78 is 6.96. The van der Waals surface area contributed by atoms with Crippen molar-refractivity contribution in [2.24, 2.45) is 0 Å². The van der Waals surface area contributed by atoms with Crippen LogP contribution < -0.4 is 0 Å². The van der Waals surface area contributed by atoms with Crippen molar-refractivity contribution in [3.63, 3.8) is 0 Å². The van der Waals surface area contributed by atoms with E-state index in [2.05, 4.69) is 16.9 Å².